The molecule has 9 heteroatoms. The van der Waals surface area contributed by atoms with Crippen molar-refractivity contribution in [3.63, 3.8) is 0 Å². The quantitative estimate of drug-likeness (QED) is 0.328. The van der Waals surface area contributed by atoms with Crippen molar-refractivity contribution in [2.24, 2.45) is 23.3 Å². The van der Waals surface area contributed by atoms with E-state index in [9.17, 15) is 18.4 Å². The van der Waals surface area contributed by atoms with E-state index in [1.165, 1.54) is 32.0 Å². The Labute approximate surface area is 234 Å². The minimum atomic E-state index is -3.22. The summed E-state index contributed by atoms with van der Waals surface area (Å²) in [7, 11) is 1.42. The van der Waals surface area contributed by atoms with Gasteiger partial charge in [0.1, 0.15) is 5.69 Å². The first-order valence-electron chi connectivity index (χ1n) is 13.7. The summed E-state index contributed by atoms with van der Waals surface area (Å²) in [5.74, 6) is -0.224. The molecule has 2 aromatic rings. The Morgan fingerprint density at radius 2 is 1.82 bits per heavy atom. The van der Waals surface area contributed by atoms with E-state index >= 15 is 0 Å². The van der Waals surface area contributed by atoms with Crippen molar-refractivity contribution in [1.29, 1.82) is 0 Å². The number of nitrogens with zero attached hydrogens (tertiary/aromatic N) is 1. The van der Waals surface area contributed by atoms with Crippen molar-refractivity contribution in [2.45, 2.75) is 91.8 Å². The zero-order chi connectivity index (χ0) is 29.8. The molecule has 3 unspecified atom stereocenters. The molecule has 4 N–H and O–H groups in total. The summed E-state index contributed by atoms with van der Waals surface area (Å²) in [5.41, 5.74) is 11.2. The van der Waals surface area contributed by atoms with Gasteiger partial charge in [0.05, 0.1) is 6.10 Å². The van der Waals surface area contributed by atoms with Gasteiger partial charge < -0.3 is 16.2 Å². The van der Waals surface area contributed by atoms with Crippen molar-refractivity contribution in [3.8, 4) is 0 Å². The lowest BCUT2D eigenvalue weighted by atomic mass is 9.93. The maximum Gasteiger partial charge on any atom is 0.300 e. The predicted molar refractivity (Wildman–Crippen MR) is 157 cm³/mol. The molecule has 39 heavy (non-hydrogen) atoms. The maximum absolute atomic E-state index is 13.5. The van der Waals surface area contributed by atoms with Gasteiger partial charge in [-0.25, -0.2) is 0 Å². The molecule has 1 saturated heterocycles. The number of amides is 2. The van der Waals surface area contributed by atoms with Crippen molar-refractivity contribution in [1.82, 2.24) is 4.98 Å². The predicted octanol–water partition coefficient (Wildman–Crippen LogP) is 6.76. The zero-order valence-electron chi connectivity index (χ0n) is 24.2. The number of aromatic nitrogens is 1. The summed E-state index contributed by atoms with van der Waals surface area (Å²) in [5, 5.41) is 0. The number of benzene rings is 1. The molecule has 0 spiro atoms. The minimum absolute atomic E-state index is 0.0500. The topological polar surface area (TPSA) is 108 Å². The highest BCUT2D eigenvalue weighted by Crippen LogP contribution is 2.41. The summed E-state index contributed by atoms with van der Waals surface area (Å²) in [6.07, 6.45) is 6.02. The largest absolute Gasteiger partial charge is 0.373 e. The Kier molecular flexibility index (Phi) is 14.7. The second-order valence-electron chi connectivity index (χ2n) is 10.4. The second-order valence-corrected chi connectivity index (χ2v) is 11.1. The van der Waals surface area contributed by atoms with Crippen LogP contribution in [-0.4, -0.2) is 23.4 Å². The number of primary amides is 2. The number of nitrogens with two attached hydrogens (primary N) is 2. The van der Waals surface area contributed by atoms with Crippen LogP contribution in [0.5, 0.6) is 0 Å². The number of alkyl halides is 2. The molecule has 0 aliphatic carbocycles. The van der Waals surface area contributed by atoms with Crippen LogP contribution in [0.3, 0.4) is 0 Å². The highest BCUT2D eigenvalue weighted by molar-refractivity contribution is 7.17. The summed E-state index contributed by atoms with van der Waals surface area (Å²) in [6, 6.07) is 7.99. The summed E-state index contributed by atoms with van der Waals surface area (Å²) in [4.78, 5) is 25.9. The molecule has 2 amide bonds. The van der Waals surface area contributed by atoms with E-state index in [-0.39, 0.29) is 23.0 Å². The fourth-order valence-electron chi connectivity index (χ4n) is 4.40. The second kappa shape index (κ2) is 16.6. The lowest BCUT2D eigenvalue weighted by Crippen LogP contribution is -2.24. The Balaban J connectivity index is 0.000000313. The van der Waals surface area contributed by atoms with Gasteiger partial charge in [-0.1, -0.05) is 61.6 Å². The van der Waals surface area contributed by atoms with Crippen LogP contribution in [0.25, 0.3) is 0 Å². The van der Waals surface area contributed by atoms with Crippen LogP contribution in [0.15, 0.2) is 30.5 Å². The van der Waals surface area contributed by atoms with E-state index in [0.717, 1.165) is 38.3 Å². The van der Waals surface area contributed by atoms with Crippen LogP contribution in [0, 0.1) is 25.7 Å². The molecule has 0 radical (unpaired) electrons. The highest BCUT2D eigenvalue weighted by atomic mass is 31.0. The van der Waals surface area contributed by atoms with Crippen molar-refractivity contribution < 1.29 is 23.1 Å². The van der Waals surface area contributed by atoms with Crippen molar-refractivity contribution in [2.75, 3.05) is 6.61 Å². The first-order valence-corrected chi connectivity index (χ1v) is 14.2. The molecule has 1 aliphatic heterocycles. The Bertz CT molecular complexity index is 1070. The fourth-order valence-corrected chi connectivity index (χ4v) is 4.63. The SMILES string of the molecule is CCCC(CC(C)C)C(N)=O.CCc1ccc(C)c(C)c1.NC(=O)c1ccnc(C(F)(F)P)c1C1CCCO1. The number of ether oxygens (including phenoxy) is 1. The van der Waals surface area contributed by atoms with E-state index in [1.54, 1.807) is 0 Å². The molecule has 1 aromatic heterocycles. The number of rotatable bonds is 9. The molecule has 1 aliphatic rings. The molecule has 3 atom stereocenters. The van der Waals surface area contributed by atoms with E-state index in [0.29, 0.717) is 18.9 Å². The number of hydrogen-bond donors (Lipinski definition) is 2. The van der Waals surface area contributed by atoms with E-state index in [1.807, 2.05) is 0 Å². The molecule has 218 valence electrons. The number of carbonyl (C=O) groups excluding carboxylic acids is 2. The van der Waals surface area contributed by atoms with Gasteiger partial charge in [0.2, 0.25) is 11.8 Å². The zero-order valence-corrected chi connectivity index (χ0v) is 25.4. The van der Waals surface area contributed by atoms with E-state index in [4.69, 9.17) is 16.2 Å². The van der Waals surface area contributed by atoms with Crippen LogP contribution in [0.4, 0.5) is 8.78 Å². The standard InChI is InChI=1S/C11H13F2N2O2P.C10H14.C9H19NO/c12-11(13,18)9-8(7-2-1-5-17-7)6(10(14)16)3-4-15-9;1-4-10-6-5-8(2)9(3)7-10;1-4-5-8(9(10)11)6-7(2)3/h3-4,7H,1-2,5,18H2,(H2,14,16);5-7H,4H2,1-3H3;7-8H,4-6H2,1-3H3,(H2,10,11). The number of hydrogen-bond acceptors (Lipinski definition) is 4. The van der Waals surface area contributed by atoms with E-state index in [2.05, 4.69) is 64.7 Å². The minimum Gasteiger partial charge on any atom is -0.373 e. The summed E-state index contributed by atoms with van der Waals surface area (Å²) in [6.45, 7) is 13.3. The Morgan fingerprint density at radius 3 is 2.26 bits per heavy atom. The number of aryl methyl sites for hydroxylation is 3. The third-order valence-electron chi connectivity index (χ3n) is 6.60. The monoisotopic (exact) mass is 565 g/mol. The molecule has 6 nitrogen and oxygen atoms in total. The fraction of sp³-hybridized carbons (Fsp3) is 0.567. The first-order chi connectivity index (χ1) is 18.2. The number of pyridine rings is 1. The van der Waals surface area contributed by atoms with Crippen LogP contribution in [0.1, 0.15) is 104 Å². The van der Waals surface area contributed by atoms with Gasteiger partial charge >= 0.3 is 5.66 Å². The van der Waals surface area contributed by atoms with Gasteiger partial charge in [0, 0.05) is 29.8 Å². The summed E-state index contributed by atoms with van der Waals surface area (Å²) < 4.78 is 32.4. The molecule has 0 saturated carbocycles. The molecule has 0 bridgehead atoms. The lowest BCUT2D eigenvalue weighted by molar-refractivity contribution is -0.122. The molecule has 1 fully saturated rings. The molecular formula is C30H46F2N3O3P. The van der Waals surface area contributed by atoms with Gasteiger partial charge in [-0.2, -0.15) is 8.78 Å². The van der Waals surface area contributed by atoms with Crippen molar-refractivity contribution in [3.05, 3.63) is 64.0 Å². The van der Waals surface area contributed by atoms with Crippen LogP contribution in [0.2, 0.25) is 0 Å². The molecular weight excluding hydrogens is 519 g/mol. The average Bonchev–Trinajstić information content (AvgIpc) is 3.40. The molecule has 2 heterocycles. The smallest absolute Gasteiger partial charge is 0.300 e. The third kappa shape index (κ3) is 11.7. The normalized spacial score (nSPS) is 15.6. The third-order valence-corrected chi connectivity index (χ3v) is 6.87. The Hall–Kier alpha value is -2.44. The van der Waals surface area contributed by atoms with Gasteiger partial charge in [0.25, 0.3) is 0 Å². The van der Waals surface area contributed by atoms with Gasteiger partial charge in [-0.05, 0) is 74.6 Å². The highest BCUT2D eigenvalue weighted by Gasteiger charge is 2.36. The van der Waals surface area contributed by atoms with Crippen LogP contribution < -0.4 is 11.5 Å². The molecule has 1 aromatic carbocycles. The molecule has 3 rings (SSSR count). The first kappa shape index (κ1) is 34.6. The van der Waals surface area contributed by atoms with Gasteiger partial charge in [0.15, 0.2) is 0 Å². The number of halogens is 2. The lowest BCUT2D eigenvalue weighted by Gasteiger charge is -2.20. The average molecular weight is 566 g/mol. The van der Waals surface area contributed by atoms with E-state index < -0.39 is 23.4 Å². The summed E-state index contributed by atoms with van der Waals surface area (Å²) >= 11 is 0. The van der Waals surface area contributed by atoms with Crippen LogP contribution in [-0.2, 0) is 21.6 Å². The maximum atomic E-state index is 13.5. The van der Waals surface area contributed by atoms with Crippen LogP contribution >= 0.6 is 9.24 Å². The van der Waals surface area contributed by atoms with Crippen molar-refractivity contribution >= 4 is 21.1 Å². The number of carbonyl (C=O) groups is 2. The Morgan fingerprint density at radius 1 is 1.15 bits per heavy atom. The van der Waals surface area contributed by atoms with Gasteiger partial charge in [-0.3, -0.25) is 14.6 Å². The van der Waals surface area contributed by atoms with Gasteiger partial charge in [-0.15, -0.1) is 0 Å².